The van der Waals surface area contributed by atoms with Crippen LogP contribution in [-0.4, -0.2) is 17.8 Å². The molecule has 2 nitrogen and oxygen atoms in total. The maximum absolute atomic E-state index is 9.13. The minimum absolute atomic E-state index is 0.231. The zero-order valence-corrected chi connectivity index (χ0v) is 9.83. The third kappa shape index (κ3) is 4.34. The van der Waals surface area contributed by atoms with Gasteiger partial charge in [0.15, 0.2) is 0 Å². The zero-order chi connectivity index (χ0) is 11.3. The van der Waals surface area contributed by atoms with Crippen molar-refractivity contribution in [3.63, 3.8) is 0 Å². The summed E-state index contributed by atoms with van der Waals surface area (Å²) >= 11 is 0. The molecule has 1 aromatic rings. The van der Waals surface area contributed by atoms with Crippen molar-refractivity contribution >= 4 is 5.69 Å². The largest absolute Gasteiger partial charge is 0.393 e. The molecule has 0 saturated heterocycles. The van der Waals surface area contributed by atoms with Crippen LogP contribution in [-0.2, 0) is 0 Å². The van der Waals surface area contributed by atoms with Crippen LogP contribution in [0, 0.1) is 0 Å². The van der Waals surface area contributed by atoms with Crippen LogP contribution in [0.25, 0.3) is 0 Å². The van der Waals surface area contributed by atoms with Crippen LogP contribution in [0.4, 0.5) is 5.69 Å². The first-order valence-electron chi connectivity index (χ1n) is 5.61. The van der Waals surface area contributed by atoms with Crippen molar-refractivity contribution in [2.75, 3.05) is 11.9 Å². The van der Waals surface area contributed by atoms with E-state index in [1.54, 1.807) is 0 Å². The monoisotopic (exact) mass is 207 g/mol. The molecule has 0 fully saturated rings. The Balaban J connectivity index is 2.50. The van der Waals surface area contributed by atoms with Crippen LogP contribution >= 0.6 is 0 Å². The third-order valence-electron chi connectivity index (χ3n) is 2.44. The van der Waals surface area contributed by atoms with Crippen LogP contribution in [0.5, 0.6) is 0 Å². The Labute approximate surface area is 92.3 Å². The summed E-state index contributed by atoms with van der Waals surface area (Å²) in [6.07, 6.45) is 0.553. The van der Waals surface area contributed by atoms with Gasteiger partial charge < -0.3 is 10.4 Å². The number of aliphatic hydroxyl groups excluding tert-OH is 1. The lowest BCUT2D eigenvalue weighted by atomic mass is 10.0. The molecule has 0 aromatic heterocycles. The molecule has 1 rings (SSSR count). The number of hydrogen-bond donors (Lipinski definition) is 2. The Morgan fingerprint density at radius 2 is 2.00 bits per heavy atom. The maximum atomic E-state index is 9.13. The second-order valence-corrected chi connectivity index (χ2v) is 4.34. The molecule has 1 unspecified atom stereocenters. The predicted octanol–water partition coefficient (Wildman–Crippen LogP) is 2.99. The molecular weight excluding hydrogens is 186 g/mol. The van der Waals surface area contributed by atoms with Gasteiger partial charge in [-0.15, -0.1) is 0 Å². The van der Waals surface area contributed by atoms with Crippen molar-refractivity contribution in [1.29, 1.82) is 0 Å². The summed E-state index contributed by atoms with van der Waals surface area (Å²) in [5.74, 6) is 0.559. The molecule has 0 bridgehead atoms. The molecule has 0 amide bonds. The smallest absolute Gasteiger partial charge is 0.0528 e. The third-order valence-corrected chi connectivity index (χ3v) is 2.44. The molecule has 2 heteroatoms. The van der Waals surface area contributed by atoms with Gasteiger partial charge >= 0.3 is 0 Å². The Morgan fingerprint density at radius 3 is 2.60 bits per heavy atom. The maximum Gasteiger partial charge on any atom is 0.0528 e. The lowest BCUT2D eigenvalue weighted by molar-refractivity contribution is 0.189. The number of benzene rings is 1. The van der Waals surface area contributed by atoms with Crippen molar-refractivity contribution in [2.24, 2.45) is 0 Å². The van der Waals surface area contributed by atoms with E-state index in [1.807, 2.05) is 6.92 Å². The fraction of sp³-hybridized carbons (Fsp3) is 0.538. The highest BCUT2D eigenvalue weighted by Gasteiger charge is 2.00. The first-order valence-corrected chi connectivity index (χ1v) is 5.61. The van der Waals surface area contributed by atoms with E-state index in [0.717, 1.165) is 18.7 Å². The van der Waals surface area contributed by atoms with E-state index in [4.69, 9.17) is 5.11 Å². The van der Waals surface area contributed by atoms with E-state index in [0.29, 0.717) is 5.92 Å². The number of hydrogen-bond acceptors (Lipinski definition) is 2. The summed E-state index contributed by atoms with van der Waals surface area (Å²) in [6, 6.07) is 8.45. The fourth-order valence-electron chi connectivity index (χ4n) is 1.43. The van der Waals surface area contributed by atoms with Crippen molar-refractivity contribution in [3.05, 3.63) is 29.8 Å². The summed E-state index contributed by atoms with van der Waals surface area (Å²) in [7, 11) is 0. The van der Waals surface area contributed by atoms with E-state index in [2.05, 4.69) is 43.4 Å². The van der Waals surface area contributed by atoms with Gasteiger partial charge in [0.25, 0.3) is 0 Å². The van der Waals surface area contributed by atoms with Gasteiger partial charge in [-0.05, 0) is 37.0 Å². The molecule has 84 valence electrons. The summed E-state index contributed by atoms with van der Waals surface area (Å²) in [6.45, 7) is 7.01. The van der Waals surface area contributed by atoms with Crippen LogP contribution in [0.2, 0.25) is 0 Å². The molecule has 1 aromatic carbocycles. The van der Waals surface area contributed by atoms with Gasteiger partial charge in [-0.1, -0.05) is 26.0 Å². The summed E-state index contributed by atoms with van der Waals surface area (Å²) in [4.78, 5) is 0. The van der Waals surface area contributed by atoms with Gasteiger partial charge in [-0.2, -0.15) is 0 Å². The quantitative estimate of drug-likeness (QED) is 0.778. The van der Waals surface area contributed by atoms with Crippen LogP contribution in [0.1, 0.15) is 38.7 Å². The van der Waals surface area contributed by atoms with Gasteiger partial charge in [-0.25, -0.2) is 0 Å². The predicted molar refractivity (Wildman–Crippen MR) is 65.3 cm³/mol. The SMILES string of the molecule is CC(O)CCNc1cccc(C(C)C)c1. The Morgan fingerprint density at radius 1 is 1.27 bits per heavy atom. The van der Waals surface area contributed by atoms with E-state index < -0.39 is 0 Å². The lowest BCUT2D eigenvalue weighted by Crippen LogP contribution is -2.09. The van der Waals surface area contributed by atoms with Gasteiger partial charge in [-0.3, -0.25) is 0 Å². The molecule has 15 heavy (non-hydrogen) atoms. The van der Waals surface area contributed by atoms with E-state index >= 15 is 0 Å². The number of anilines is 1. The summed E-state index contributed by atoms with van der Waals surface area (Å²) < 4.78 is 0. The minimum Gasteiger partial charge on any atom is -0.393 e. The second kappa shape index (κ2) is 5.76. The van der Waals surface area contributed by atoms with Crippen LogP contribution in [0.15, 0.2) is 24.3 Å². The van der Waals surface area contributed by atoms with Gasteiger partial charge in [0.1, 0.15) is 0 Å². The molecule has 0 spiro atoms. The molecule has 0 aliphatic rings. The van der Waals surface area contributed by atoms with Gasteiger partial charge in [0.05, 0.1) is 6.10 Å². The second-order valence-electron chi connectivity index (χ2n) is 4.34. The molecule has 0 aliphatic carbocycles. The van der Waals surface area contributed by atoms with E-state index in [1.165, 1.54) is 5.56 Å². The number of aliphatic hydroxyl groups is 1. The topological polar surface area (TPSA) is 32.3 Å². The Hall–Kier alpha value is -1.02. The highest BCUT2D eigenvalue weighted by Crippen LogP contribution is 2.18. The first-order chi connectivity index (χ1) is 7.09. The molecule has 0 saturated carbocycles. The summed E-state index contributed by atoms with van der Waals surface area (Å²) in [5, 5.41) is 12.4. The van der Waals surface area contributed by atoms with E-state index in [-0.39, 0.29) is 6.10 Å². The Bertz CT molecular complexity index is 294. The molecule has 1 atom stereocenters. The summed E-state index contributed by atoms with van der Waals surface area (Å²) in [5.41, 5.74) is 2.49. The molecule has 0 heterocycles. The first kappa shape index (κ1) is 12.1. The molecular formula is C13H21NO. The van der Waals surface area contributed by atoms with Crippen molar-refractivity contribution in [2.45, 2.75) is 39.2 Å². The van der Waals surface area contributed by atoms with Crippen LogP contribution in [0.3, 0.4) is 0 Å². The van der Waals surface area contributed by atoms with Gasteiger partial charge in [0.2, 0.25) is 0 Å². The van der Waals surface area contributed by atoms with Crippen LogP contribution < -0.4 is 5.32 Å². The highest BCUT2D eigenvalue weighted by atomic mass is 16.3. The fourth-order valence-corrected chi connectivity index (χ4v) is 1.43. The Kier molecular flexibility index (Phi) is 4.63. The van der Waals surface area contributed by atoms with E-state index in [9.17, 15) is 0 Å². The van der Waals surface area contributed by atoms with Crippen molar-refractivity contribution in [3.8, 4) is 0 Å². The highest BCUT2D eigenvalue weighted by molar-refractivity contribution is 5.46. The lowest BCUT2D eigenvalue weighted by Gasteiger charge is -2.11. The average molecular weight is 207 g/mol. The normalized spacial score (nSPS) is 12.9. The number of nitrogens with one attached hydrogen (secondary N) is 1. The van der Waals surface area contributed by atoms with Crippen molar-refractivity contribution < 1.29 is 5.11 Å². The molecule has 0 aliphatic heterocycles. The molecule has 2 N–H and O–H groups in total. The standard InChI is InChI=1S/C13H21NO/c1-10(2)12-5-4-6-13(9-12)14-8-7-11(3)15/h4-6,9-11,14-15H,7-8H2,1-3H3. The molecule has 0 radical (unpaired) electrons. The van der Waals surface area contributed by atoms with Gasteiger partial charge in [0, 0.05) is 12.2 Å². The number of rotatable bonds is 5. The average Bonchev–Trinajstić information content (AvgIpc) is 2.17. The minimum atomic E-state index is -0.231. The van der Waals surface area contributed by atoms with Crippen molar-refractivity contribution in [1.82, 2.24) is 0 Å². The zero-order valence-electron chi connectivity index (χ0n) is 9.83.